The second-order valence-corrected chi connectivity index (χ2v) is 6.40. The molecule has 1 aromatic carbocycles. The van der Waals surface area contributed by atoms with Crippen molar-refractivity contribution in [1.29, 1.82) is 0 Å². The van der Waals surface area contributed by atoms with E-state index in [-0.39, 0.29) is 5.91 Å². The Bertz CT molecular complexity index is 630. The summed E-state index contributed by atoms with van der Waals surface area (Å²) in [4.78, 5) is 18.5. The van der Waals surface area contributed by atoms with Crippen LogP contribution >= 0.6 is 0 Å². The Labute approximate surface area is 175 Å². The molecule has 0 bridgehead atoms. The number of nitrogens with zero attached hydrogens (tertiary/aromatic N) is 2. The Morgan fingerprint density at radius 2 is 1.69 bits per heavy atom. The molecule has 1 amide bonds. The van der Waals surface area contributed by atoms with Gasteiger partial charge in [0.05, 0.1) is 19.8 Å². The van der Waals surface area contributed by atoms with Crippen molar-refractivity contribution in [1.82, 2.24) is 15.5 Å². The normalized spacial score (nSPS) is 11.1. The number of nitrogens with one attached hydrogen (secondary N) is 2. The summed E-state index contributed by atoms with van der Waals surface area (Å²) < 4.78 is 11.3. The maximum Gasteiger partial charge on any atom is 0.224 e. The van der Waals surface area contributed by atoms with E-state index in [0.29, 0.717) is 26.2 Å². The lowest BCUT2D eigenvalue weighted by Crippen LogP contribution is -2.38. The summed E-state index contributed by atoms with van der Waals surface area (Å²) in [5, 5.41) is 6.56. The van der Waals surface area contributed by atoms with Gasteiger partial charge in [0.15, 0.2) is 17.5 Å². The molecule has 1 aromatic rings. The molecule has 0 unspecified atom stereocenters. The van der Waals surface area contributed by atoms with Gasteiger partial charge in [0.25, 0.3) is 0 Å². The van der Waals surface area contributed by atoms with E-state index < -0.39 is 0 Å². The van der Waals surface area contributed by atoms with Crippen molar-refractivity contribution in [2.24, 2.45) is 4.99 Å². The highest BCUT2D eigenvalue weighted by molar-refractivity contribution is 5.80. The highest BCUT2D eigenvalue weighted by Crippen LogP contribution is 2.28. The largest absolute Gasteiger partial charge is 0.490 e. The summed E-state index contributed by atoms with van der Waals surface area (Å²) in [6.07, 6.45) is 1.25. The van der Waals surface area contributed by atoms with Gasteiger partial charge in [0.2, 0.25) is 5.91 Å². The average molecular weight is 407 g/mol. The van der Waals surface area contributed by atoms with Crippen LogP contribution in [0.15, 0.2) is 23.2 Å². The van der Waals surface area contributed by atoms with E-state index in [4.69, 9.17) is 9.47 Å². The van der Waals surface area contributed by atoms with Crippen molar-refractivity contribution in [3.05, 3.63) is 23.8 Å². The average Bonchev–Trinajstić information content (AvgIpc) is 2.71. The molecule has 164 valence electrons. The molecule has 0 heterocycles. The number of carbonyl (C=O) groups is 1. The lowest BCUT2D eigenvalue weighted by molar-refractivity contribution is -0.130. The maximum absolute atomic E-state index is 12.1. The molecule has 0 saturated heterocycles. The Hall–Kier alpha value is -2.44. The third kappa shape index (κ3) is 9.07. The van der Waals surface area contributed by atoms with Crippen molar-refractivity contribution in [2.45, 2.75) is 47.5 Å². The molecular formula is C22H38N4O3. The minimum atomic E-state index is 0.146. The van der Waals surface area contributed by atoms with Gasteiger partial charge >= 0.3 is 0 Å². The minimum absolute atomic E-state index is 0.146. The molecule has 0 radical (unpaired) electrons. The first kappa shape index (κ1) is 24.6. The van der Waals surface area contributed by atoms with Gasteiger partial charge in [-0.15, -0.1) is 0 Å². The second kappa shape index (κ2) is 14.5. The van der Waals surface area contributed by atoms with E-state index in [1.54, 1.807) is 0 Å². The molecule has 2 N–H and O–H groups in total. The molecule has 0 aliphatic carbocycles. The highest BCUT2D eigenvalue weighted by Gasteiger charge is 2.09. The summed E-state index contributed by atoms with van der Waals surface area (Å²) in [5.74, 6) is 2.43. The smallest absolute Gasteiger partial charge is 0.224 e. The molecule has 1 rings (SSSR count). The zero-order valence-electron chi connectivity index (χ0n) is 18.7. The number of aliphatic imine (C=N–C) groups is 1. The maximum atomic E-state index is 12.1. The van der Waals surface area contributed by atoms with Gasteiger partial charge in [0, 0.05) is 32.6 Å². The van der Waals surface area contributed by atoms with Crippen LogP contribution in [0.4, 0.5) is 0 Å². The van der Waals surface area contributed by atoms with Crippen molar-refractivity contribution >= 4 is 11.9 Å². The van der Waals surface area contributed by atoms with Gasteiger partial charge in [-0.1, -0.05) is 6.07 Å². The third-order valence-electron chi connectivity index (χ3n) is 4.37. The van der Waals surface area contributed by atoms with Crippen LogP contribution in [0.2, 0.25) is 0 Å². The Morgan fingerprint density at radius 3 is 2.31 bits per heavy atom. The predicted octanol–water partition coefficient (Wildman–Crippen LogP) is 2.84. The second-order valence-electron chi connectivity index (χ2n) is 6.40. The Balaban J connectivity index is 2.59. The van der Waals surface area contributed by atoms with Crippen LogP contribution in [0.1, 0.15) is 46.6 Å². The van der Waals surface area contributed by atoms with Gasteiger partial charge in [-0.2, -0.15) is 0 Å². The van der Waals surface area contributed by atoms with Crippen LogP contribution in [0.5, 0.6) is 11.5 Å². The van der Waals surface area contributed by atoms with Crippen LogP contribution in [-0.4, -0.2) is 62.7 Å². The molecule has 0 spiro atoms. The van der Waals surface area contributed by atoms with Crippen molar-refractivity contribution in [3.63, 3.8) is 0 Å². The lowest BCUT2D eigenvalue weighted by Gasteiger charge is -2.18. The summed E-state index contributed by atoms with van der Waals surface area (Å²) in [6, 6.07) is 6.05. The number of ether oxygens (including phenoxy) is 2. The minimum Gasteiger partial charge on any atom is -0.490 e. The zero-order valence-corrected chi connectivity index (χ0v) is 18.7. The fraction of sp³-hybridized carbons (Fsp3) is 0.636. The van der Waals surface area contributed by atoms with Gasteiger partial charge < -0.3 is 25.0 Å². The molecule has 0 atom stereocenters. The van der Waals surface area contributed by atoms with Crippen molar-refractivity contribution < 1.29 is 14.3 Å². The van der Waals surface area contributed by atoms with Gasteiger partial charge in [-0.05, 0) is 58.7 Å². The molecule has 0 saturated carbocycles. The quantitative estimate of drug-likeness (QED) is 0.389. The number of amides is 1. The van der Waals surface area contributed by atoms with Crippen LogP contribution in [0, 0.1) is 0 Å². The lowest BCUT2D eigenvalue weighted by atomic mass is 10.1. The molecule has 0 fully saturated rings. The fourth-order valence-electron chi connectivity index (χ4n) is 2.92. The standard InChI is InChI=1S/C22H38N4O3/c1-6-23-22(25-16-14-21(27)26(7-2)8-3)24-15-13-18-11-12-19(28-9-4)20(17-18)29-10-5/h11-12,17H,6-10,13-16H2,1-5H3,(H2,23,24,25). The first-order valence-electron chi connectivity index (χ1n) is 10.8. The van der Waals surface area contributed by atoms with E-state index in [9.17, 15) is 4.79 Å². The molecule has 29 heavy (non-hydrogen) atoms. The van der Waals surface area contributed by atoms with Crippen molar-refractivity contribution in [2.75, 3.05) is 45.9 Å². The first-order chi connectivity index (χ1) is 14.1. The number of hydrogen-bond acceptors (Lipinski definition) is 4. The zero-order chi connectivity index (χ0) is 21.5. The van der Waals surface area contributed by atoms with E-state index in [1.165, 1.54) is 0 Å². The summed E-state index contributed by atoms with van der Waals surface area (Å²) >= 11 is 0. The van der Waals surface area contributed by atoms with Gasteiger partial charge in [-0.25, -0.2) is 0 Å². The molecule has 0 aliphatic rings. The van der Waals surface area contributed by atoms with E-state index >= 15 is 0 Å². The number of benzene rings is 1. The van der Waals surface area contributed by atoms with E-state index in [0.717, 1.165) is 55.6 Å². The van der Waals surface area contributed by atoms with E-state index in [1.807, 2.05) is 51.7 Å². The summed E-state index contributed by atoms with van der Waals surface area (Å²) in [7, 11) is 0. The molecular weight excluding hydrogens is 368 g/mol. The van der Waals surface area contributed by atoms with Crippen LogP contribution in [0.25, 0.3) is 0 Å². The topological polar surface area (TPSA) is 75.2 Å². The molecule has 7 nitrogen and oxygen atoms in total. The number of rotatable bonds is 13. The fourth-order valence-corrected chi connectivity index (χ4v) is 2.92. The predicted molar refractivity (Wildman–Crippen MR) is 119 cm³/mol. The first-order valence-corrected chi connectivity index (χ1v) is 10.8. The van der Waals surface area contributed by atoms with Crippen molar-refractivity contribution in [3.8, 4) is 11.5 Å². The van der Waals surface area contributed by atoms with Crippen LogP contribution < -0.4 is 20.1 Å². The Morgan fingerprint density at radius 1 is 1.00 bits per heavy atom. The number of hydrogen-bond donors (Lipinski definition) is 2. The monoisotopic (exact) mass is 406 g/mol. The SMILES string of the molecule is CCNC(=NCCC(=O)N(CC)CC)NCCc1ccc(OCC)c(OCC)c1. The number of carbonyl (C=O) groups excluding carboxylic acids is 1. The van der Waals surface area contributed by atoms with Crippen LogP contribution in [-0.2, 0) is 11.2 Å². The highest BCUT2D eigenvalue weighted by atomic mass is 16.5. The van der Waals surface area contributed by atoms with Gasteiger partial charge in [0.1, 0.15) is 0 Å². The molecule has 0 aliphatic heterocycles. The molecule has 7 heteroatoms. The van der Waals surface area contributed by atoms with Gasteiger partial charge in [-0.3, -0.25) is 9.79 Å². The third-order valence-corrected chi connectivity index (χ3v) is 4.37. The Kier molecular flexibility index (Phi) is 12.3. The summed E-state index contributed by atoms with van der Waals surface area (Å²) in [5.41, 5.74) is 1.16. The van der Waals surface area contributed by atoms with Crippen LogP contribution in [0.3, 0.4) is 0 Å². The van der Waals surface area contributed by atoms with E-state index in [2.05, 4.69) is 21.7 Å². The molecule has 0 aromatic heterocycles. The number of guanidine groups is 1. The summed E-state index contributed by atoms with van der Waals surface area (Å²) in [6.45, 7) is 14.6.